The number of hydrogen-bond donors (Lipinski definition) is 1. The molecule has 0 spiro atoms. The van der Waals surface area contributed by atoms with Gasteiger partial charge >= 0.3 is 18.2 Å². The first-order chi connectivity index (χ1) is 19.0. The average Bonchev–Trinajstić information content (AvgIpc) is 3.46. The molecule has 206 valence electrons. The number of carboxylic acids is 1. The van der Waals surface area contributed by atoms with Crippen molar-refractivity contribution in [2.75, 3.05) is 0 Å². The van der Waals surface area contributed by atoms with Crippen molar-refractivity contribution in [1.82, 2.24) is 14.7 Å². The van der Waals surface area contributed by atoms with Gasteiger partial charge < -0.3 is 9.84 Å². The van der Waals surface area contributed by atoms with Crippen molar-refractivity contribution in [3.8, 4) is 22.3 Å². The van der Waals surface area contributed by atoms with Crippen LogP contribution in [0.3, 0.4) is 0 Å². The van der Waals surface area contributed by atoms with Crippen LogP contribution < -0.4 is 0 Å². The number of carbonyl (C=O) groups excluding carboxylic acids is 1. The number of carbonyl (C=O) groups is 2. The summed E-state index contributed by atoms with van der Waals surface area (Å²) in [5, 5.41) is 13.6. The number of aromatic nitrogens is 2. The van der Waals surface area contributed by atoms with Gasteiger partial charge in [0.05, 0.1) is 30.8 Å². The van der Waals surface area contributed by atoms with Crippen LogP contribution in [-0.4, -0.2) is 37.9 Å². The van der Waals surface area contributed by atoms with Gasteiger partial charge in [-0.05, 0) is 58.5 Å². The lowest BCUT2D eigenvalue weighted by Crippen LogP contribution is -2.31. The molecule has 5 rings (SSSR count). The third-order valence-electron chi connectivity index (χ3n) is 7.04. The third kappa shape index (κ3) is 5.42. The Labute approximate surface area is 228 Å². The monoisotopic (exact) mass is 549 g/mol. The van der Waals surface area contributed by atoms with Gasteiger partial charge in [-0.1, -0.05) is 48.5 Å². The van der Waals surface area contributed by atoms with Crippen molar-refractivity contribution in [2.24, 2.45) is 7.05 Å². The van der Waals surface area contributed by atoms with Gasteiger partial charge in [-0.25, -0.2) is 4.79 Å². The largest absolute Gasteiger partial charge is 0.481 e. The highest BCUT2D eigenvalue weighted by molar-refractivity contribution is 5.86. The summed E-state index contributed by atoms with van der Waals surface area (Å²) < 4.78 is 48.7. The van der Waals surface area contributed by atoms with Gasteiger partial charge in [0, 0.05) is 18.8 Å². The molecule has 1 aliphatic rings. The molecule has 40 heavy (non-hydrogen) atoms. The lowest BCUT2D eigenvalue weighted by atomic mass is 9.89. The SMILES string of the molecule is C[C@H]1[C@@H](c2ccccc2)OC(=O)N1Cc1cc(C(F)(F)F)ccc1-c1cc(CC(=O)O)ccc1-c1cnn(C)c1. The lowest BCUT2D eigenvalue weighted by molar-refractivity contribution is -0.138. The first-order valence-electron chi connectivity index (χ1n) is 12.6. The summed E-state index contributed by atoms with van der Waals surface area (Å²) in [6, 6.07) is 17.2. The highest BCUT2D eigenvalue weighted by atomic mass is 19.4. The molecule has 2 atom stereocenters. The molecule has 1 aliphatic heterocycles. The zero-order chi connectivity index (χ0) is 28.6. The number of nitrogens with zero attached hydrogens (tertiary/aromatic N) is 3. The maximum Gasteiger partial charge on any atom is 0.416 e. The maximum absolute atomic E-state index is 13.8. The van der Waals surface area contributed by atoms with E-state index in [1.807, 2.05) is 30.3 Å². The minimum absolute atomic E-state index is 0.141. The summed E-state index contributed by atoms with van der Waals surface area (Å²) in [7, 11) is 1.75. The second kappa shape index (κ2) is 10.5. The highest BCUT2D eigenvalue weighted by Gasteiger charge is 2.40. The summed E-state index contributed by atoms with van der Waals surface area (Å²) in [5.74, 6) is -1.03. The zero-order valence-corrected chi connectivity index (χ0v) is 21.7. The smallest absolute Gasteiger partial charge is 0.416 e. The molecule has 1 aromatic heterocycles. The molecule has 0 saturated carbocycles. The van der Waals surface area contributed by atoms with Gasteiger partial charge in [0.1, 0.15) is 6.10 Å². The summed E-state index contributed by atoms with van der Waals surface area (Å²) >= 11 is 0. The van der Waals surface area contributed by atoms with Gasteiger partial charge in [0.15, 0.2) is 0 Å². The van der Waals surface area contributed by atoms with E-state index < -0.39 is 35.9 Å². The first kappa shape index (κ1) is 27.0. The number of carboxylic acid groups (broad SMARTS) is 1. The predicted octanol–water partition coefficient (Wildman–Crippen LogP) is 6.48. The van der Waals surface area contributed by atoms with Crippen molar-refractivity contribution in [2.45, 2.75) is 38.2 Å². The van der Waals surface area contributed by atoms with Crippen LogP contribution in [0.4, 0.5) is 18.0 Å². The molecule has 10 heteroatoms. The van der Waals surface area contributed by atoms with E-state index in [1.165, 1.54) is 11.0 Å². The van der Waals surface area contributed by atoms with E-state index in [2.05, 4.69) is 5.10 Å². The lowest BCUT2D eigenvalue weighted by Gasteiger charge is -2.24. The van der Waals surface area contributed by atoms with Crippen LogP contribution in [0.5, 0.6) is 0 Å². The van der Waals surface area contributed by atoms with Crippen LogP contribution in [0.15, 0.2) is 79.1 Å². The van der Waals surface area contributed by atoms with Crippen molar-refractivity contribution >= 4 is 12.1 Å². The minimum atomic E-state index is -4.60. The molecule has 1 amide bonds. The van der Waals surface area contributed by atoms with Crippen LogP contribution in [0.2, 0.25) is 0 Å². The van der Waals surface area contributed by atoms with E-state index in [4.69, 9.17) is 4.74 Å². The Hall–Kier alpha value is -4.60. The number of aryl methyl sites for hydroxylation is 1. The molecular weight excluding hydrogens is 523 g/mol. The Morgan fingerprint density at radius 1 is 1.02 bits per heavy atom. The Kier molecular flexibility index (Phi) is 7.10. The summed E-state index contributed by atoms with van der Waals surface area (Å²) in [6.07, 6.45) is -2.67. The van der Waals surface area contributed by atoms with Crippen molar-refractivity contribution in [3.63, 3.8) is 0 Å². The fourth-order valence-electron chi connectivity index (χ4n) is 5.06. The molecule has 0 radical (unpaired) electrons. The number of aliphatic carboxylic acids is 1. The van der Waals surface area contributed by atoms with Crippen LogP contribution in [0, 0.1) is 0 Å². The van der Waals surface area contributed by atoms with Crippen LogP contribution in [0.25, 0.3) is 22.3 Å². The van der Waals surface area contributed by atoms with Gasteiger partial charge in [-0.3, -0.25) is 14.4 Å². The standard InChI is InChI=1S/C30H26F3N3O4/c1-18-28(20-6-4-3-5-7-20)40-29(39)36(18)17-21-14-23(30(31,32)33)9-11-24(21)26-12-19(13-27(37)38)8-10-25(26)22-15-34-35(2)16-22/h3-12,14-16,18,28H,13,17H2,1-2H3,(H,37,38)/t18-,28-/m0/s1. The van der Waals surface area contributed by atoms with Crippen LogP contribution in [-0.2, 0) is 35.7 Å². The van der Waals surface area contributed by atoms with Gasteiger partial charge in [0.2, 0.25) is 0 Å². The van der Waals surface area contributed by atoms with E-state index in [-0.39, 0.29) is 18.5 Å². The van der Waals surface area contributed by atoms with E-state index >= 15 is 0 Å². The number of amides is 1. The maximum atomic E-state index is 13.8. The quantitative estimate of drug-likeness (QED) is 0.285. The van der Waals surface area contributed by atoms with Crippen molar-refractivity contribution < 1.29 is 32.6 Å². The van der Waals surface area contributed by atoms with Gasteiger partial charge in [0.25, 0.3) is 0 Å². The number of ether oxygens (including phenoxy) is 1. The Morgan fingerprint density at radius 2 is 1.75 bits per heavy atom. The fraction of sp³-hybridized carbons (Fsp3) is 0.233. The van der Waals surface area contributed by atoms with E-state index in [1.54, 1.807) is 49.2 Å². The molecule has 0 unspecified atom stereocenters. The summed E-state index contributed by atoms with van der Waals surface area (Å²) in [4.78, 5) is 25.8. The number of rotatable bonds is 7. The highest BCUT2D eigenvalue weighted by Crippen LogP contribution is 2.40. The van der Waals surface area contributed by atoms with E-state index in [0.29, 0.717) is 27.8 Å². The first-order valence-corrected chi connectivity index (χ1v) is 12.6. The molecule has 2 heterocycles. The molecule has 4 aromatic rings. The molecule has 1 saturated heterocycles. The average molecular weight is 550 g/mol. The summed E-state index contributed by atoms with van der Waals surface area (Å²) in [5.41, 5.74) is 3.04. The molecule has 0 bridgehead atoms. The van der Waals surface area contributed by atoms with Gasteiger partial charge in [-0.2, -0.15) is 18.3 Å². The summed E-state index contributed by atoms with van der Waals surface area (Å²) in [6.45, 7) is 1.66. The zero-order valence-electron chi connectivity index (χ0n) is 21.7. The normalized spacial score (nSPS) is 17.2. The number of benzene rings is 3. The van der Waals surface area contributed by atoms with E-state index in [9.17, 15) is 27.9 Å². The number of hydrogen-bond acceptors (Lipinski definition) is 4. The molecule has 1 N–H and O–H groups in total. The third-order valence-corrected chi connectivity index (χ3v) is 7.04. The number of halogens is 3. The molecule has 1 fully saturated rings. The van der Waals surface area contributed by atoms with Crippen molar-refractivity contribution in [3.05, 3.63) is 101 Å². The second-order valence-corrected chi connectivity index (χ2v) is 9.81. The predicted molar refractivity (Wildman–Crippen MR) is 141 cm³/mol. The van der Waals surface area contributed by atoms with E-state index in [0.717, 1.165) is 17.7 Å². The Morgan fingerprint density at radius 3 is 2.40 bits per heavy atom. The minimum Gasteiger partial charge on any atom is -0.481 e. The Balaban J connectivity index is 1.63. The van der Waals surface area contributed by atoms with Crippen LogP contribution >= 0.6 is 0 Å². The van der Waals surface area contributed by atoms with Crippen molar-refractivity contribution in [1.29, 1.82) is 0 Å². The number of alkyl halides is 3. The molecule has 7 nitrogen and oxygen atoms in total. The second-order valence-electron chi connectivity index (χ2n) is 9.81. The fourth-order valence-corrected chi connectivity index (χ4v) is 5.06. The van der Waals surface area contributed by atoms with Crippen LogP contribution in [0.1, 0.15) is 35.3 Å². The molecular formula is C30H26F3N3O4. The number of cyclic esters (lactones) is 1. The Bertz CT molecular complexity index is 1570. The molecule has 3 aromatic carbocycles. The molecule has 0 aliphatic carbocycles. The van der Waals surface area contributed by atoms with Gasteiger partial charge in [-0.15, -0.1) is 0 Å². The topological polar surface area (TPSA) is 84.7 Å².